The highest BCUT2D eigenvalue weighted by Gasteiger charge is 2.29. The Kier molecular flexibility index (Phi) is 5.79. The molecule has 1 aliphatic heterocycles. The summed E-state index contributed by atoms with van der Waals surface area (Å²) >= 11 is 0. The summed E-state index contributed by atoms with van der Waals surface area (Å²) in [5.74, 6) is 0.577. The van der Waals surface area contributed by atoms with Crippen molar-refractivity contribution < 1.29 is 19.1 Å². The summed E-state index contributed by atoms with van der Waals surface area (Å²) in [5, 5.41) is 11.3. The van der Waals surface area contributed by atoms with Gasteiger partial charge in [0, 0.05) is 24.7 Å². The van der Waals surface area contributed by atoms with E-state index in [4.69, 9.17) is 14.7 Å². The summed E-state index contributed by atoms with van der Waals surface area (Å²) in [6.45, 7) is 0.901. The lowest BCUT2D eigenvalue weighted by Gasteiger charge is -2.26. The fourth-order valence-corrected chi connectivity index (χ4v) is 2.48. The Morgan fingerprint density at radius 2 is 2.00 bits per heavy atom. The molecule has 126 valence electrons. The summed E-state index contributed by atoms with van der Waals surface area (Å²) in [5.41, 5.74) is 0.694. The number of methoxy groups -OCH3 is 2. The summed E-state index contributed by atoms with van der Waals surface area (Å²) in [7, 11) is 3.10. The van der Waals surface area contributed by atoms with Gasteiger partial charge in [-0.15, -0.1) is 0 Å². The minimum Gasteiger partial charge on any atom is -0.497 e. The molecule has 0 bridgehead atoms. The zero-order valence-electron chi connectivity index (χ0n) is 13.7. The number of benzene rings is 1. The Morgan fingerprint density at radius 3 is 2.67 bits per heavy atom. The van der Waals surface area contributed by atoms with Gasteiger partial charge in [0.1, 0.15) is 17.9 Å². The van der Waals surface area contributed by atoms with Crippen LogP contribution in [0.1, 0.15) is 18.4 Å². The van der Waals surface area contributed by atoms with Crippen LogP contribution in [0.5, 0.6) is 11.5 Å². The smallest absolute Gasteiger partial charge is 0.265 e. The number of carbonyl (C=O) groups is 2. The third kappa shape index (κ3) is 3.84. The lowest BCUT2D eigenvalue weighted by atomic mass is 10.1. The topological polar surface area (TPSA) is 82.9 Å². The second-order valence-electron chi connectivity index (χ2n) is 5.11. The number of nitrogens with zero attached hydrogens (tertiary/aromatic N) is 3. The van der Waals surface area contributed by atoms with Crippen molar-refractivity contribution in [2.75, 3.05) is 27.3 Å². The molecule has 1 heterocycles. The van der Waals surface area contributed by atoms with Gasteiger partial charge < -0.3 is 9.47 Å². The molecule has 0 atom stereocenters. The first kappa shape index (κ1) is 17.3. The van der Waals surface area contributed by atoms with E-state index in [0.29, 0.717) is 36.6 Å². The van der Waals surface area contributed by atoms with Crippen LogP contribution in [0.15, 0.2) is 24.3 Å². The number of nitriles is 1. The molecule has 1 aliphatic rings. The van der Waals surface area contributed by atoms with E-state index in [9.17, 15) is 9.59 Å². The van der Waals surface area contributed by atoms with Crippen LogP contribution in [0.4, 0.5) is 0 Å². The molecule has 0 radical (unpaired) electrons. The average Bonchev–Trinajstić information content (AvgIpc) is 3.09. The maximum absolute atomic E-state index is 12.4. The van der Waals surface area contributed by atoms with Crippen molar-refractivity contribution in [3.05, 3.63) is 29.8 Å². The molecule has 1 aromatic carbocycles. The molecule has 0 N–H and O–H groups in total. The molecule has 7 nitrogen and oxygen atoms in total. The predicted octanol–water partition coefficient (Wildman–Crippen LogP) is 1.61. The van der Waals surface area contributed by atoms with E-state index in [0.717, 1.165) is 0 Å². The third-order valence-corrected chi connectivity index (χ3v) is 3.65. The van der Waals surface area contributed by atoms with Gasteiger partial charge in [0.25, 0.3) is 11.8 Å². The molecule has 1 aromatic rings. The molecule has 2 amide bonds. The highest BCUT2D eigenvalue weighted by molar-refractivity contribution is 5.94. The summed E-state index contributed by atoms with van der Waals surface area (Å²) in [6, 6.07) is 7.08. The number of ether oxygens (including phenoxy) is 2. The van der Waals surface area contributed by atoms with Gasteiger partial charge in [-0.3, -0.25) is 14.6 Å². The van der Waals surface area contributed by atoms with Crippen molar-refractivity contribution in [1.29, 1.82) is 5.26 Å². The summed E-state index contributed by atoms with van der Waals surface area (Å²) < 4.78 is 10.4. The second kappa shape index (κ2) is 8.02. The first-order valence-corrected chi connectivity index (χ1v) is 7.49. The van der Waals surface area contributed by atoms with Gasteiger partial charge in [-0.05, 0) is 30.7 Å². The molecular formula is C17H19N3O4. The highest BCUT2D eigenvalue weighted by atomic mass is 16.5. The lowest BCUT2D eigenvalue weighted by Crippen LogP contribution is -2.43. The van der Waals surface area contributed by atoms with E-state index in [1.165, 1.54) is 16.1 Å². The van der Waals surface area contributed by atoms with Gasteiger partial charge in [-0.2, -0.15) is 5.26 Å². The van der Waals surface area contributed by atoms with E-state index in [-0.39, 0.29) is 18.2 Å². The second-order valence-corrected chi connectivity index (χ2v) is 5.11. The fraction of sp³-hybridized carbons (Fsp3) is 0.353. The molecule has 2 rings (SSSR count). The largest absolute Gasteiger partial charge is 0.497 e. The minimum absolute atomic E-state index is 0.239. The van der Waals surface area contributed by atoms with E-state index in [1.54, 1.807) is 38.5 Å². The van der Waals surface area contributed by atoms with Crippen molar-refractivity contribution in [2.45, 2.75) is 12.8 Å². The number of amides is 2. The van der Waals surface area contributed by atoms with Crippen molar-refractivity contribution in [3.8, 4) is 17.6 Å². The SMILES string of the molecule is COc1ccc(OC)c(/C=C/C(=O)N2CCCN2C(=O)CC#N)c1. The van der Waals surface area contributed by atoms with Crippen LogP contribution in [-0.2, 0) is 9.59 Å². The summed E-state index contributed by atoms with van der Waals surface area (Å²) in [6.07, 6.45) is 3.46. The van der Waals surface area contributed by atoms with Crippen LogP contribution in [0, 0.1) is 11.3 Å². The van der Waals surface area contributed by atoms with Crippen LogP contribution < -0.4 is 9.47 Å². The van der Waals surface area contributed by atoms with E-state index >= 15 is 0 Å². The van der Waals surface area contributed by atoms with Crippen LogP contribution in [-0.4, -0.2) is 49.1 Å². The maximum Gasteiger partial charge on any atom is 0.265 e. The Morgan fingerprint density at radius 1 is 1.25 bits per heavy atom. The molecule has 0 unspecified atom stereocenters. The monoisotopic (exact) mass is 329 g/mol. The van der Waals surface area contributed by atoms with E-state index in [1.807, 2.05) is 6.07 Å². The number of hydrazine groups is 1. The third-order valence-electron chi connectivity index (χ3n) is 3.65. The van der Waals surface area contributed by atoms with Crippen LogP contribution >= 0.6 is 0 Å². The molecule has 1 fully saturated rings. The molecular weight excluding hydrogens is 310 g/mol. The normalized spacial score (nSPS) is 13.9. The van der Waals surface area contributed by atoms with Gasteiger partial charge >= 0.3 is 0 Å². The average molecular weight is 329 g/mol. The molecule has 7 heteroatoms. The van der Waals surface area contributed by atoms with Crippen LogP contribution in [0.3, 0.4) is 0 Å². The first-order valence-electron chi connectivity index (χ1n) is 7.49. The maximum atomic E-state index is 12.4. The zero-order valence-corrected chi connectivity index (χ0v) is 13.7. The van der Waals surface area contributed by atoms with Crippen molar-refractivity contribution >= 4 is 17.9 Å². The molecule has 0 saturated carbocycles. The van der Waals surface area contributed by atoms with Crippen molar-refractivity contribution in [1.82, 2.24) is 10.0 Å². The van der Waals surface area contributed by atoms with E-state index in [2.05, 4.69) is 0 Å². The Hall–Kier alpha value is -3.01. The fourth-order valence-electron chi connectivity index (χ4n) is 2.48. The van der Waals surface area contributed by atoms with Crippen molar-refractivity contribution in [3.63, 3.8) is 0 Å². The molecule has 0 spiro atoms. The Bertz CT molecular complexity index is 694. The number of hydrogen-bond donors (Lipinski definition) is 0. The predicted molar refractivity (Wildman–Crippen MR) is 86.9 cm³/mol. The summed E-state index contributed by atoms with van der Waals surface area (Å²) in [4.78, 5) is 24.2. The highest BCUT2D eigenvalue weighted by Crippen LogP contribution is 2.25. The Labute approximate surface area is 140 Å². The lowest BCUT2D eigenvalue weighted by molar-refractivity contribution is -0.154. The Balaban J connectivity index is 2.15. The first-order chi connectivity index (χ1) is 11.6. The van der Waals surface area contributed by atoms with Gasteiger partial charge in [-0.1, -0.05) is 0 Å². The van der Waals surface area contributed by atoms with Gasteiger partial charge in [0.2, 0.25) is 0 Å². The van der Waals surface area contributed by atoms with Crippen LogP contribution in [0.2, 0.25) is 0 Å². The minimum atomic E-state index is -0.365. The number of hydrogen-bond acceptors (Lipinski definition) is 5. The van der Waals surface area contributed by atoms with Crippen LogP contribution in [0.25, 0.3) is 6.08 Å². The van der Waals surface area contributed by atoms with Gasteiger partial charge in [0.05, 0.1) is 20.3 Å². The van der Waals surface area contributed by atoms with E-state index < -0.39 is 0 Å². The standard InChI is InChI=1S/C17H19N3O4/c1-23-14-5-6-15(24-2)13(12-14)4-7-16(21)19-10-3-11-20(19)17(22)8-9-18/h4-7,12H,3,8,10-11H2,1-2H3/b7-4+. The van der Waals surface area contributed by atoms with Gasteiger partial charge in [0.15, 0.2) is 0 Å². The number of carbonyl (C=O) groups excluding carboxylic acids is 2. The quantitative estimate of drug-likeness (QED) is 0.766. The molecule has 0 aliphatic carbocycles. The molecule has 1 saturated heterocycles. The molecule has 24 heavy (non-hydrogen) atoms. The molecule has 0 aromatic heterocycles. The van der Waals surface area contributed by atoms with Crippen molar-refractivity contribution in [2.24, 2.45) is 0 Å². The number of rotatable bonds is 5. The zero-order chi connectivity index (χ0) is 17.5. The van der Waals surface area contributed by atoms with Gasteiger partial charge in [-0.25, -0.2) is 5.01 Å².